The molecule has 1 atom stereocenters. The van der Waals surface area contributed by atoms with E-state index in [0.717, 1.165) is 19.4 Å². The number of hydrogen-bond donors (Lipinski definition) is 1. The van der Waals surface area contributed by atoms with Crippen molar-refractivity contribution in [3.63, 3.8) is 0 Å². The first kappa shape index (κ1) is 18.5. The highest BCUT2D eigenvalue weighted by Crippen LogP contribution is 2.32. The van der Waals surface area contributed by atoms with Crippen molar-refractivity contribution in [2.24, 2.45) is 5.41 Å². The Hall–Kier alpha value is -0.520. The summed E-state index contributed by atoms with van der Waals surface area (Å²) in [5.74, 6) is -0.968. The molecule has 120 valence electrons. The zero-order valence-corrected chi connectivity index (χ0v) is 14.5. The first-order chi connectivity index (χ1) is 9.93. The summed E-state index contributed by atoms with van der Waals surface area (Å²) in [6.07, 6.45) is 2.25. The van der Waals surface area contributed by atoms with Gasteiger partial charge in [-0.25, -0.2) is 8.78 Å². The Labute approximate surface area is 134 Å². The van der Waals surface area contributed by atoms with Gasteiger partial charge in [0.05, 0.1) is 11.1 Å². The summed E-state index contributed by atoms with van der Waals surface area (Å²) < 4.78 is 33.4. The Bertz CT molecular complexity index is 456. The molecule has 1 N–H and O–H groups in total. The van der Waals surface area contributed by atoms with Crippen molar-refractivity contribution in [3.05, 3.63) is 33.8 Å². The van der Waals surface area contributed by atoms with Gasteiger partial charge >= 0.3 is 0 Å². The molecule has 0 aliphatic carbocycles. The van der Waals surface area contributed by atoms with Gasteiger partial charge in [0, 0.05) is 25.8 Å². The minimum Gasteiger partial charge on any atom is -0.383 e. The quantitative estimate of drug-likeness (QED) is 0.521. The fourth-order valence-electron chi connectivity index (χ4n) is 2.57. The Kier molecular flexibility index (Phi) is 7.77. The van der Waals surface area contributed by atoms with Gasteiger partial charge in [0.15, 0.2) is 0 Å². The number of methoxy groups -OCH3 is 1. The monoisotopic (exact) mass is 363 g/mol. The van der Waals surface area contributed by atoms with Gasteiger partial charge in [0.25, 0.3) is 0 Å². The van der Waals surface area contributed by atoms with E-state index in [1.165, 1.54) is 12.1 Å². The van der Waals surface area contributed by atoms with Crippen molar-refractivity contribution < 1.29 is 13.5 Å². The van der Waals surface area contributed by atoms with Crippen LogP contribution in [0.4, 0.5) is 8.78 Å². The molecule has 0 fully saturated rings. The van der Waals surface area contributed by atoms with E-state index >= 15 is 0 Å². The van der Waals surface area contributed by atoms with Gasteiger partial charge in [0.2, 0.25) is 0 Å². The zero-order valence-electron chi connectivity index (χ0n) is 12.9. The Morgan fingerprint density at radius 1 is 1.33 bits per heavy atom. The summed E-state index contributed by atoms with van der Waals surface area (Å²) in [6.45, 7) is 6.22. The maximum atomic E-state index is 14.1. The second-order valence-corrected chi connectivity index (χ2v) is 6.58. The molecule has 0 spiro atoms. The molecule has 21 heavy (non-hydrogen) atoms. The summed E-state index contributed by atoms with van der Waals surface area (Å²) in [5.41, 5.74) is -0.0285. The van der Waals surface area contributed by atoms with Crippen LogP contribution in [0.1, 0.15) is 32.3 Å². The molecule has 0 bridgehead atoms. The maximum Gasteiger partial charge on any atom is 0.143 e. The first-order valence-corrected chi connectivity index (χ1v) is 8.05. The van der Waals surface area contributed by atoms with Gasteiger partial charge in [0.1, 0.15) is 11.6 Å². The SMILES string of the molecule is CCCC(C)(CNCCOC)Cc1c(F)ccc(Br)c1F. The van der Waals surface area contributed by atoms with E-state index in [-0.39, 0.29) is 11.0 Å². The maximum absolute atomic E-state index is 14.1. The van der Waals surface area contributed by atoms with E-state index in [4.69, 9.17) is 4.74 Å². The predicted molar refractivity (Wildman–Crippen MR) is 85.5 cm³/mol. The van der Waals surface area contributed by atoms with Crippen LogP contribution >= 0.6 is 15.9 Å². The molecule has 0 aromatic heterocycles. The fourth-order valence-corrected chi connectivity index (χ4v) is 2.94. The molecule has 1 rings (SSSR count). The summed E-state index contributed by atoms with van der Waals surface area (Å²) in [7, 11) is 1.65. The summed E-state index contributed by atoms with van der Waals surface area (Å²) in [5, 5.41) is 3.30. The van der Waals surface area contributed by atoms with Crippen molar-refractivity contribution in [1.82, 2.24) is 5.32 Å². The van der Waals surface area contributed by atoms with Crippen LogP contribution in [0, 0.1) is 17.0 Å². The van der Waals surface area contributed by atoms with E-state index in [0.29, 0.717) is 24.0 Å². The summed E-state index contributed by atoms with van der Waals surface area (Å²) >= 11 is 3.13. The first-order valence-electron chi connectivity index (χ1n) is 7.25. The average molecular weight is 364 g/mol. The average Bonchev–Trinajstić information content (AvgIpc) is 2.45. The topological polar surface area (TPSA) is 21.3 Å². The van der Waals surface area contributed by atoms with Gasteiger partial charge in [-0.15, -0.1) is 0 Å². The lowest BCUT2D eigenvalue weighted by Gasteiger charge is -2.30. The zero-order chi connectivity index (χ0) is 15.9. The fraction of sp³-hybridized carbons (Fsp3) is 0.625. The van der Waals surface area contributed by atoms with E-state index < -0.39 is 11.6 Å². The van der Waals surface area contributed by atoms with Crippen molar-refractivity contribution in [2.45, 2.75) is 33.1 Å². The molecule has 0 heterocycles. The van der Waals surface area contributed by atoms with E-state index in [2.05, 4.69) is 35.1 Å². The van der Waals surface area contributed by atoms with Crippen LogP contribution in [0.2, 0.25) is 0 Å². The molecular weight excluding hydrogens is 340 g/mol. The van der Waals surface area contributed by atoms with Crippen molar-refractivity contribution in [1.29, 1.82) is 0 Å². The lowest BCUT2D eigenvalue weighted by atomic mass is 9.79. The Morgan fingerprint density at radius 3 is 2.67 bits per heavy atom. The normalized spacial score (nSPS) is 14.2. The molecule has 1 aromatic carbocycles. The van der Waals surface area contributed by atoms with Gasteiger partial charge in [-0.05, 0) is 46.3 Å². The lowest BCUT2D eigenvalue weighted by Crippen LogP contribution is -2.35. The molecule has 0 aliphatic rings. The van der Waals surface area contributed by atoms with Crippen LogP contribution in [0.25, 0.3) is 0 Å². The van der Waals surface area contributed by atoms with Crippen molar-refractivity contribution >= 4 is 15.9 Å². The highest BCUT2D eigenvalue weighted by atomic mass is 79.9. The number of benzene rings is 1. The van der Waals surface area contributed by atoms with Crippen molar-refractivity contribution in [2.75, 3.05) is 26.8 Å². The van der Waals surface area contributed by atoms with Crippen molar-refractivity contribution in [3.8, 4) is 0 Å². The number of rotatable bonds is 9. The standard InChI is InChI=1S/C16H24BrF2NO/c1-4-7-16(2,11-20-8-9-21-3)10-12-14(18)6-5-13(17)15(12)19/h5-6,20H,4,7-11H2,1-3H3. The highest BCUT2D eigenvalue weighted by Gasteiger charge is 2.27. The van der Waals surface area contributed by atoms with Crippen LogP contribution in [0.5, 0.6) is 0 Å². The molecular formula is C16H24BrF2NO. The number of halogens is 3. The van der Waals surface area contributed by atoms with E-state index in [1.54, 1.807) is 7.11 Å². The molecule has 0 radical (unpaired) electrons. The number of ether oxygens (including phenoxy) is 1. The van der Waals surface area contributed by atoms with E-state index in [9.17, 15) is 8.78 Å². The highest BCUT2D eigenvalue weighted by molar-refractivity contribution is 9.10. The van der Waals surface area contributed by atoms with Gasteiger partial charge in [-0.2, -0.15) is 0 Å². The third-order valence-corrected chi connectivity index (χ3v) is 4.24. The van der Waals surface area contributed by atoms with Gasteiger partial charge < -0.3 is 10.1 Å². The Morgan fingerprint density at radius 2 is 2.05 bits per heavy atom. The molecule has 0 saturated carbocycles. The molecule has 2 nitrogen and oxygen atoms in total. The molecule has 1 aromatic rings. The summed E-state index contributed by atoms with van der Waals surface area (Å²) in [6, 6.07) is 2.72. The second-order valence-electron chi connectivity index (χ2n) is 5.73. The van der Waals surface area contributed by atoms with E-state index in [1.807, 2.05) is 0 Å². The largest absolute Gasteiger partial charge is 0.383 e. The minimum atomic E-state index is -0.491. The molecule has 0 aliphatic heterocycles. The second kappa shape index (κ2) is 8.81. The van der Waals surface area contributed by atoms with Crippen LogP contribution in [-0.4, -0.2) is 26.8 Å². The van der Waals surface area contributed by atoms with Crippen LogP contribution in [0.3, 0.4) is 0 Å². The molecule has 0 amide bonds. The number of hydrogen-bond acceptors (Lipinski definition) is 2. The third-order valence-electron chi connectivity index (χ3n) is 3.63. The van der Waals surface area contributed by atoms with Crippen LogP contribution in [-0.2, 0) is 11.2 Å². The summed E-state index contributed by atoms with van der Waals surface area (Å²) in [4.78, 5) is 0. The third kappa shape index (κ3) is 5.64. The van der Waals surface area contributed by atoms with Gasteiger partial charge in [-0.1, -0.05) is 20.3 Å². The lowest BCUT2D eigenvalue weighted by molar-refractivity contribution is 0.189. The minimum absolute atomic E-state index is 0.161. The number of nitrogens with one attached hydrogen (secondary N) is 1. The smallest absolute Gasteiger partial charge is 0.143 e. The predicted octanol–water partition coefficient (Wildman–Crippen LogP) is 4.31. The molecule has 5 heteroatoms. The Balaban J connectivity index is 2.84. The molecule has 0 saturated heterocycles. The molecule has 1 unspecified atom stereocenters. The van der Waals surface area contributed by atoms with Crippen LogP contribution < -0.4 is 5.32 Å². The van der Waals surface area contributed by atoms with Crippen LogP contribution in [0.15, 0.2) is 16.6 Å². The van der Waals surface area contributed by atoms with Gasteiger partial charge in [-0.3, -0.25) is 0 Å².